The largest absolute Gasteiger partial charge is 0.338 e. The van der Waals surface area contributed by atoms with Crippen molar-refractivity contribution in [3.05, 3.63) is 62.8 Å². The maximum atomic E-state index is 12.7. The molecule has 11 heteroatoms. The summed E-state index contributed by atoms with van der Waals surface area (Å²) >= 11 is 4.59. The third-order valence-electron chi connectivity index (χ3n) is 4.86. The average Bonchev–Trinajstić information content (AvgIpc) is 3.03. The molecule has 0 radical (unpaired) electrons. The van der Waals surface area contributed by atoms with E-state index in [9.17, 15) is 13.2 Å². The molecule has 0 aliphatic carbocycles. The maximum Gasteiger partial charge on any atom is 0.307 e. The fourth-order valence-corrected chi connectivity index (χ4v) is 5.47. The summed E-state index contributed by atoms with van der Waals surface area (Å²) in [6, 6.07) is 12.3. The van der Waals surface area contributed by atoms with Gasteiger partial charge >= 0.3 is 4.87 Å². The monoisotopic (exact) mass is 533 g/mol. The molecule has 0 saturated carbocycles. The van der Waals surface area contributed by atoms with Crippen LogP contribution in [-0.4, -0.2) is 28.2 Å². The minimum absolute atomic E-state index is 0.0291. The number of aromatic nitrogens is 3. The number of benzene rings is 2. The van der Waals surface area contributed by atoms with E-state index in [0.717, 1.165) is 15.9 Å². The molecule has 0 saturated heterocycles. The third-order valence-corrected chi connectivity index (χ3v) is 8.65. The topological polar surface area (TPSA) is 106 Å². The van der Waals surface area contributed by atoms with Gasteiger partial charge in [0, 0.05) is 18.9 Å². The smallest absolute Gasteiger partial charge is 0.307 e. The van der Waals surface area contributed by atoms with Crippen LogP contribution in [0, 0.1) is 0 Å². The SMILES string of the molecule is CC(C)S(=O)(=O)c1ccccc1Nc1nc(Nc2ccc3c(c2)sc(=O)n3C)ncc1Br. The van der Waals surface area contributed by atoms with Crippen LogP contribution in [0.5, 0.6) is 0 Å². The Morgan fingerprint density at radius 1 is 1.12 bits per heavy atom. The number of halogens is 1. The van der Waals surface area contributed by atoms with Crippen molar-refractivity contribution in [1.29, 1.82) is 0 Å². The van der Waals surface area contributed by atoms with E-state index in [1.165, 1.54) is 11.3 Å². The van der Waals surface area contributed by atoms with Crippen molar-refractivity contribution in [1.82, 2.24) is 14.5 Å². The van der Waals surface area contributed by atoms with Crippen molar-refractivity contribution >= 4 is 70.5 Å². The molecule has 32 heavy (non-hydrogen) atoms. The van der Waals surface area contributed by atoms with E-state index in [1.807, 2.05) is 18.2 Å². The van der Waals surface area contributed by atoms with Gasteiger partial charge in [-0.25, -0.2) is 13.4 Å². The Bertz CT molecular complexity index is 1480. The maximum absolute atomic E-state index is 12.7. The number of para-hydroxylation sites is 1. The summed E-state index contributed by atoms with van der Waals surface area (Å²) in [5.41, 5.74) is 2.02. The van der Waals surface area contributed by atoms with Gasteiger partial charge in [-0.15, -0.1) is 0 Å². The molecule has 0 fully saturated rings. The highest BCUT2D eigenvalue weighted by atomic mass is 79.9. The van der Waals surface area contributed by atoms with E-state index in [0.29, 0.717) is 21.9 Å². The predicted molar refractivity (Wildman–Crippen MR) is 132 cm³/mol. The van der Waals surface area contributed by atoms with Crippen LogP contribution in [0.2, 0.25) is 0 Å². The first-order chi connectivity index (χ1) is 15.2. The van der Waals surface area contributed by atoms with Gasteiger partial charge in [-0.05, 0) is 60.1 Å². The lowest BCUT2D eigenvalue weighted by atomic mass is 10.3. The Hall–Kier alpha value is -2.76. The van der Waals surface area contributed by atoms with Gasteiger partial charge in [-0.2, -0.15) is 4.98 Å². The molecule has 0 amide bonds. The van der Waals surface area contributed by atoms with Gasteiger partial charge in [0.2, 0.25) is 5.95 Å². The molecule has 2 aromatic carbocycles. The van der Waals surface area contributed by atoms with Crippen molar-refractivity contribution in [2.45, 2.75) is 24.0 Å². The van der Waals surface area contributed by atoms with Gasteiger partial charge in [0.05, 0.1) is 30.5 Å². The van der Waals surface area contributed by atoms with Crippen LogP contribution in [0.15, 0.2) is 62.8 Å². The summed E-state index contributed by atoms with van der Waals surface area (Å²) in [4.78, 5) is 20.8. The molecule has 0 bridgehead atoms. The number of anilines is 4. The molecule has 2 heterocycles. The van der Waals surface area contributed by atoms with Crippen molar-refractivity contribution in [3.8, 4) is 0 Å². The summed E-state index contributed by atoms with van der Waals surface area (Å²) in [7, 11) is -1.75. The molecule has 0 unspecified atom stereocenters. The molecule has 0 aliphatic rings. The Kier molecular flexibility index (Phi) is 6.06. The second kappa shape index (κ2) is 8.64. The summed E-state index contributed by atoms with van der Waals surface area (Å²) < 4.78 is 28.5. The molecule has 4 aromatic rings. The standard InChI is InChI=1S/C21H20BrN5O3S2/c1-12(2)32(29,30)18-7-5-4-6-15(18)25-19-14(22)11-23-20(26-19)24-13-8-9-16-17(10-13)31-21(28)27(16)3/h4-12H,1-3H3,(H2,23,24,25,26). The van der Waals surface area contributed by atoms with Crippen LogP contribution >= 0.6 is 27.3 Å². The average molecular weight is 534 g/mol. The second-order valence-corrected chi connectivity index (χ2v) is 11.7. The third kappa shape index (κ3) is 4.27. The lowest BCUT2D eigenvalue weighted by molar-refractivity contribution is 0.588. The van der Waals surface area contributed by atoms with Crippen LogP contribution in [0.4, 0.5) is 23.1 Å². The molecule has 0 atom stereocenters. The quantitative estimate of drug-likeness (QED) is 0.365. The number of nitrogens with zero attached hydrogens (tertiary/aromatic N) is 3. The predicted octanol–water partition coefficient (Wildman–Crippen LogP) is 4.82. The summed E-state index contributed by atoms with van der Waals surface area (Å²) in [6.07, 6.45) is 1.58. The van der Waals surface area contributed by atoms with Crippen LogP contribution in [0.3, 0.4) is 0 Å². The fourth-order valence-electron chi connectivity index (χ4n) is 3.06. The van der Waals surface area contributed by atoms with Crippen molar-refractivity contribution in [3.63, 3.8) is 0 Å². The first kappa shape index (κ1) is 22.4. The fraction of sp³-hybridized carbons (Fsp3) is 0.190. The van der Waals surface area contributed by atoms with Gasteiger partial charge in [0.25, 0.3) is 0 Å². The molecule has 166 valence electrons. The van der Waals surface area contributed by atoms with Crippen LogP contribution < -0.4 is 15.5 Å². The van der Waals surface area contributed by atoms with E-state index >= 15 is 0 Å². The Balaban J connectivity index is 1.66. The molecule has 4 rings (SSSR count). The lowest BCUT2D eigenvalue weighted by Gasteiger charge is -2.15. The van der Waals surface area contributed by atoms with Crippen molar-refractivity contribution in [2.24, 2.45) is 7.05 Å². The summed E-state index contributed by atoms with van der Waals surface area (Å²) in [5.74, 6) is 0.738. The number of rotatable bonds is 6. The number of hydrogen-bond donors (Lipinski definition) is 2. The second-order valence-electron chi connectivity index (χ2n) is 7.34. The van der Waals surface area contributed by atoms with Gasteiger partial charge < -0.3 is 15.2 Å². The highest BCUT2D eigenvalue weighted by molar-refractivity contribution is 9.10. The number of thiazole rings is 1. The number of nitrogens with one attached hydrogen (secondary N) is 2. The molecule has 8 nitrogen and oxygen atoms in total. The molecule has 0 aliphatic heterocycles. The number of aryl methyl sites for hydroxylation is 1. The molecule has 2 N–H and O–H groups in total. The first-order valence-corrected chi connectivity index (χ1v) is 12.8. The highest BCUT2D eigenvalue weighted by Gasteiger charge is 2.23. The molecular weight excluding hydrogens is 514 g/mol. The van der Waals surface area contributed by atoms with E-state index in [4.69, 9.17) is 0 Å². The van der Waals surface area contributed by atoms with Gasteiger partial charge in [0.15, 0.2) is 9.84 Å². The van der Waals surface area contributed by atoms with Gasteiger partial charge in [-0.3, -0.25) is 4.79 Å². The zero-order valence-corrected chi connectivity index (χ0v) is 20.7. The lowest BCUT2D eigenvalue weighted by Crippen LogP contribution is -2.15. The van der Waals surface area contributed by atoms with Crippen molar-refractivity contribution < 1.29 is 8.42 Å². The zero-order valence-electron chi connectivity index (χ0n) is 17.5. The Labute approximate surface area is 197 Å². The number of sulfone groups is 1. The van der Waals surface area contributed by atoms with E-state index < -0.39 is 15.1 Å². The molecule has 0 spiro atoms. The van der Waals surface area contributed by atoms with Crippen LogP contribution in [-0.2, 0) is 16.9 Å². The first-order valence-electron chi connectivity index (χ1n) is 9.66. The van der Waals surface area contributed by atoms with Gasteiger partial charge in [-0.1, -0.05) is 23.5 Å². The van der Waals surface area contributed by atoms with Gasteiger partial charge in [0.1, 0.15) is 5.82 Å². The Morgan fingerprint density at radius 2 is 1.88 bits per heavy atom. The minimum Gasteiger partial charge on any atom is -0.338 e. The Morgan fingerprint density at radius 3 is 2.62 bits per heavy atom. The minimum atomic E-state index is -3.48. The normalized spacial score (nSPS) is 11.8. The molecule has 2 aromatic heterocycles. The van der Waals surface area contributed by atoms with Crippen molar-refractivity contribution in [2.75, 3.05) is 10.6 Å². The number of fused-ring (bicyclic) bond motifs is 1. The van der Waals surface area contributed by atoms with Crippen LogP contribution in [0.25, 0.3) is 10.2 Å². The number of hydrogen-bond acceptors (Lipinski definition) is 8. The van der Waals surface area contributed by atoms with E-state index in [-0.39, 0.29) is 9.77 Å². The highest BCUT2D eigenvalue weighted by Crippen LogP contribution is 2.31. The van der Waals surface area contributed by atoms with E-state index in [1.54, 1.807) is 55.9 Å². The molecular formula is C21H20BrN5O3S2. The summed E-state index contributed by atoms with van der Waals surface area (Å²) in [5, 5.41) is 5.69. The zero-order chi connectivity index (χ0) is 23.0. The summed E-state index contributed by atoms with van der Waals surface area (Å²) in [6.45, 7) is 3.30. The van der Waals surface area contributed by atoms with E-state index in [2.05, 4.69) is 36.5 Å². The van der Waals surface area contributed by atoms with Crippen LogP contribution in [0.1, 0.15) is 13.8 Å².